The molecule has 0 bridgehead atoms. The van der Waals surface area contributed by atoms with Gasteiger partial charge in [-0.05, 0) is 6.42 Å². The monoisotopic (exact) mass is 262 g/mol. The Labute approximate surface area is 107 Å². The predicted molar refractivity (Wildman–Crippen MR) is 65.0 cm³/mol. The third kappa shape index (κ3) is 7.21. The Bertz CT molecular complexity index is 240. The van der Waals surface area contributed by atoms with Crippen LogP contribution in [0.2, 0.25) is 0 Å². The number of aliphatic hydroxyl groups is 1. The fourth-order valence-corrected chi connectivity index (χ4v) is 1.22. The maximum Gasteiger partial charge on any atom is 0.312 e. The van der Waals surface area contributed by atoms with Crippen LogP contribution in [0.5, 0.6) is 0 Å². The second-order valence-electron chi connectivity index (χ2n) is 3.61. The highest BCUT2D eigenvalue weighted by molar-refractivity contribution is 6.35. The zero-order chi connectivity index (χ0) is 13.8. The van der Waals surface area contributed by atoms with Gasteiger partial charge in [-0.1, -0.05) is 0 Å². The minimum absolute atomic E-state index is 0.0223. The fraction of sp³-hybridized carbons (Fsp3) is 0.818. The van der Waals surface area contributed by atoms with Gasteiger partial charge >= 0.3 is 11.8 Å². The van der Waals surface area contributed by atoms with E-state index in [4.69, 9.17) is 14.6 Å². The molecule has 0 aromatic rings. The third-order valence-electron chi connectivity index (χ3n) is 2.23. The molecular formula is C11H22N2O5. The highest BCUT2D eigenvalue weighted by Gasteiger charge is 2.20. The summed E-state index contributed by atoms with van der Waals surface area (Å²) in [5.41, 5.74) is 0. The number of hydrogen-bond acceptors (Lipinski definition) is 5. The number of nitrogens with zero attached hydrogens (tertiary/aromatic N) is 1. The Kier molecular flexibility index (Phi) is 10.2. The first-order chi connectivity index (χ1) is 8.67. The molecule has 106 valence electrons. The molecular weight excluding hydrogens is 240 g/mol. The number of aliphatic hydroxyl groups excluding tert-OH is 1. The van der Waals surface area contributed by atoms with Gasteiger partial charge in [-0.25, -0.2) is 0 Å². The standard InChI is InChI=1S/C11H22N2O5/c1-17-8-5-13(6-9-18-2)11(16)10(15)12-4-3-7-14/h14H,3-9H2,1-2H3,(H,12,15). The van der Waals surface area contributed by atoms with Gasteiger partial charge in [-0.2, -0.15) is 0 Å². The van der Waals surface area contributed by atoms with Crippen molar-refractivity contribution in [3.63, 3.8) is 0 Å². The van der Waals surface area contributed by atoms with Gasteiger partial charge in [-0.15, -0.1) is 0 Å². The van der Waals surface area contributed by atoms with Crippen molar-refractivity contribution in [1.29, 1.82) is 0 Å². The van der Waals surface area contributed by atoms with E-state index in [1.165, 1.54) is 19.1 Å². The van der Waals surface area contributed by atoms with Gasteiger partial charge < -0.3 is 24.8 Å². The van der Waals surface area contributed by atoms with Crippen molar-refractivity contribution in [3.05, 3.63) is 0 Å². The number of amides is 2. The molecule has 0 aromatic heterocycles. The molecule has 0 rings (SSSR count). The van der Waals surface area contributed by atoms with E-state index >= 15 is 0 Å². The Balaban J connectivity index is 4.19. The van der Waals surface area contributed by atoms with Crippen LogP contribution in [0.25, 0.3) is 0 Å². The number of hydrogen-bond donors (Lipinski definition) is 2. The zero-order valence-electron chi connectivity index (χ0n) is 11.0. The molecule has 0 atom stereocenters. The van der Waals surface area contributed by atoms with E-state index in [0.717, 1.165) is 0 Å². The van der Waals surface area contributed by atoms with Crippen LogP contribution < -0.4 is 5.32 Å². The molecule has 0 unspecified atom stereocenters. The van der Waals surface area contributed by atoms with Gasteiger partial charge in [0.25, 0.3) is 0 Å². The van der Waals surface area contributed by atoms with Crippen LogP contribution in [0.4, 0.5) is 0 Å². The van der Waals surface area contributed by atoms with Crippen molar-refractivity contribution >= 4 is 11.8 Å². The molecule has 0 heterocycles. The van der Waals surface area contributed by atoms with Crippen LogP contribution >= 0.6 is 0 Å². The molecule has 0 saturated carbocycles. The average Bonchev–Trinajstić information content (AvgIpc) is 2.38. The minimum Gasteiger partial charge on any atom is -0.396 e. The van der Waals surface area contributed by atoms with Crippen LogP contribution in [-0.4, -0.2) is 75.5 Å². The molecule has 0 saturated heterocycles. The highest BCUT2D eigenvalue weighted by atomic mass is 16.5. The van der Waals surface area contributed by atoms with Crippen molar-refractivity contribution in [2.75, 3.05) is 53.7 Å². The molecule has 7 heteroatoms. The summed E-state index contributed by atoms with van der Waals surface area (Å²) in [6, 6.07) is 0. The van der Waals surface area contributed by atoms with Gasteiger partial charge in [0.05, 0.1) is 13.2 Å². The number of carbonyl (C=O) groups excluding carboxylic acids is 2. The van der Waals surface area contributed by atoms with Gasteiger partial charge in [0, 0.05) is 40.5 Å². The Morgan fingerprint density at radius 3 is 2.17 bits per heavy atom. The molecule has 2 amide bonds. The first-order valence-corrected chi connectivity index (χ1v) is 5.83. The lowest BCUT2D eigenvalue weighted by molar-refractivity contribution is -0.146. The van der Waals surface area contributed by atoms with Crippen LogP contribution in [0.3, 0.4) is 0 Å². The summed E-state index contributed by atoms with van der Waals surface area (Å²) < 4.78 is 9.76. The van der Waals surface area contributed by atoms with Crippen LogP contribution in [0, 0.1) is 0 Å². The number of nitrogens with one attached hydrogen (secondary N) is 1. The fourth-order valence-electron chi connectivity index (χ4n) is 1.22. The molecule has 0 spiro atoms. The van der Waals surface area contributed by atoms with Crippen LogP contribution in [0.15, 0.2) is 0 Å². The number of rotatable bonds is 9. The van der Waals surface area contributed by atoms with E-state index in [1.54, 1.807) is 0 Å². The van der Waals surface area contributed by atoms with E-state index in [2.05, 4.69) is 5.32 Å². The maximum absolute atomic E-state index is 11.8. The first-order valence-electron chi connectivity index (χ1n) is 5.83. The first kappa shape index (κ1) is 16.8. The molecule has 0 aliphatic rings. The second kappa shape index (κ2) is 10.9. The number of carbonyl (C=O) groups is 2. The van der Waals surface area contributed by atoms with Crippen LogP contribution in [0.1, 0.15) is 6.42 Å². The van der Waals surface area contributed by atoms with Gasteiger partial charge in [0.2, 0.25) is 0 Å². The SMILES string of the molecule is COCCN(CCOC)C(=O)C(=O)NCCCO. The molecule has 0 aliphatic carbocycles. The number of methoxy groups -OCH3 is 2. The van der Waals surface area contributed by atoms with Gasteiger partial charge in [0.1, 0.15) is 0 Å². The van der Waals surface area contributed by atoms with Crippen molar-refractivity contribution in [1.82, 2.24) is 10.2 Å². The van der Waals surface area contributed by atoms with Crippen LogP contribution in [-0.2, 0) is 19.1 Å². The van der Waals surface area contributed by atoms with Gasteiger partial charge in [0.15, 0.2) is 0 Å². The maximum atomic E-state index is 11.8. The Hall–Kier alpha value is -1.18. The molecule has 0 fully saturated rings. The van der Waals surface area contributed by atoms with E-state index in [-0.39, 0.29) is 13.2 Å². The summed E-state index contributed by atoms with van der Waals surface area (Å²) in [5, 5.41) is 11.0. The summed E-state index contributed by atoms with van der Waals surface area (Å²) in [6.45, 7) is 1.66. The quantitative estimate of drug-likeness (QED) is 0.394. The van der Waals surface area contributed by atoms with Crippen molar-refractivity contribution in [2.45, 2.75) is 6.42 Å². The lowest BCUT2D eigenvalue weighted by Gasteiger charge is -2.21. The highest BCUT2D eigenvalue weighted by Crippen LogP contribution is 1.92. The average molecular weight is 262 g/mol. The van der Waals surface area contributed by atoms with E-state index < -0.39 is 11.8 Å². The lowest BCUT2D eigenvalue weighted by atomic mass is 10.4. The van der Waals surface area contributed by atoms with Crippen molar-refractivity contribution < 1.29 is 24.2 Å². The van der Waals surface area contributed by atoms with E-state index in [1.807, 2.05) is 0 Å². The molecule has 0 aliphatic heterocycles. The third-order valence-corrected chi connectivity index (χ3v) is 2.23. The zero-order valence-corrected chi connectivity index (χ0v) is 11.0. The molecule has 0 radical (unpaired) electrons. The van der Waals surface area contributed by atoms with Crippen molar-refractivity contribution in [3.8, 4) is 0 Å². The van der Waals surface area contributed by atoms with E-state index in [9.17, 15) is 9.59 Å². The minimum atomic E-state index is -0.671. The smallest absolute Gasteiger partial charge is 0.312 e. The molecule has 2 N–H and O–H groups in total. The summed E-state index contributed by atoms with van der Waals surface area (Å²) in [4.78, 5) is 24.7. The molecule has 7 nitrogen and oxygen atoms in total. The van der Waals surface area contributed by atoms with Crippen molar-refractivity contribution in [2.24, 2.45) is 0 Å². The largest absolute Gasteiger partial charge is 0.396 e. The van der Waals surface area contributed by atoms with Gasteiger partial charge in [-0.3, -0.25) is 9.59 Å². The summed E-state index contributed by atoms with van der Waals surface area (Å²) in [5.74, 6) is -1.28. The summed E-state index contributed by atoms with van der Waals surface area (Å²) >= 11 is 0. The summed E-state index contributed by atoms with van der Waals surface area (Å²) in [7, 11) is 3.06. The van der Waals surface area contributed by atoms with E-state index in [0.29, 0.717) is 32.7 Å². The number of ether oxygens (including phenoxy) is 2. The predicted octanol–water partition coefficient (Wildman–Crippen LogP) is -1.39. The molecule has 18 heavy (non-hydrogen) atoms. The Morgan fingerprint density at radius 1 is 1.17 bits per heavy atom. The lowest BCUT2D eigenvalue weighted by Crippen LogP contribution is -2.45. The summed E-state index contributed by atoms with van der Waals surface area (Å²) in [6.07, 6.45) is 0.426. The second-order valence-corrected chi connectivity index (χ2v) is 3.61. The topological polar surface area (TPSA) is 88.1 Å². The molecule has 0 aromatic carbocycles. The Morgan fingerprint density at radius 2 is 1.72 bits per heavy atom. The normalized spacial score (nSPS) is 10.2.